The maximum absolute atomic E-state index is 5.29. The van der Waals surface area contributed by atoms with Gasteiger partial charge in [0.2, 0.25) is 0 Å². The van der Waals surface area contributed by atoms with Crippen molar-refractivity contribution in [2.45, 2.75) is 38.5 Å². The second kappa shape index (κ2) is 7.87. The Hall–Kier alpha value is -1.47. The molecule has 0 aliphatic carbocycles. The van der Waals surface area contributed by atoms with Crippen LogP contribution in [0.25, 0.3) is 0 Å². The van der Waals surface area contributed by atoms with Crippen LogP contribution in [0.5, 0.6) is 5.75 Å². The molecule has 2 aromatic rings. The molecule has 1 unspecified atom stereocenters. The third-order valence-electron chi connectivity index (χ3n) is 5.83. The van der Waals surface area contributed by atoms with Gasteiger partial charge >= 0.3 is 0 Å². The van der Waals surface area contributed by atoms with Gasteiger partial charge in [-0.05, 0) is 31.5 Å². The standard InChI is InChI=1S/C21H30N4OS/c1-21(2)16-24(12-17-4-6-19(26-3)7-5-17)14-18-13-23(9-10-25(18)21)15-20-22-8-11-27-20/h4-8,11,18H,9-10,12-16H2,1-3H3. The van der Waals surface area contributed by atoms with Crippen molar-refractivity contribution < 1.29 is 4.74 Å². The van der Waals surface area contributed by atoms with Crippen LogP contribution in [-0.4, -0.2) is 71.1 Å². The molecule has 4 rings (SSSR count). The summed E-state index contributed by atoms with van der Waals surface area (Å²) in [5.41, 5.74) is 1.57. The number of thiazole rings is 1. The van der Waals surface area contributed by atoms with Gasteiger partial charge in [0.05, 0.1) is 13.7 Å². The number of ether oxygens (including phenoxy) is 1. The molecule has 0 spiro atoms. The lowest BCUT2D eigenvalue weighted by atomic mass is 9.92. The molecule has 0 N–H and O–H groups in total. The molecule has 2 saturated heterocycles. The third kappa shape index (κ3) is 4.35. The first-order valence-corrected chi connectivity index (χ1v) is 10.6. The van der Waals surface area contributed by atoms with E-state index in [-0.39, 0.29) is 5.54 Å². The van der Waals surface area contributed by atoms with Gasteiger partial charge in [-0.1, -0.05) is 12.1 Å². The minimum absolute atomic E-state index is 0.211. The average Bonchev–Trinajstić information content (AvgIpc) is 3.14. The first-order valence-electron chi connectivity index (χ1n) is 9.76. The second-order valence-corrected chi connectivity index (χ2v) is 9.32. The molecular formula is C21H30N4OS. The van der Waals surface area contributed by atoms with Crippen molar-refractivity contribution >= 4 is 11.3 Å². The van der Waals surface area contributed by atoms with E-state index in [1.54, 1.807) is 18.4 Å². The number of piperazine rings is 2. The Labute approximate surface area is 166 Å². The van der Waals surface area contributed by atoms with E-state index in [2.05, 4.69) is 63.2 Å². The number of benzene rings is 1. The molecule has 1 aromatic carbocycles. The van der Waals surface area contributed by atoms with Crippen molar-refractivity contribution in [1.82, 2.24) is 19.7 Å². The van der Waals surface area contributed by atoms with Crippen molar-refractivity contribution in [2.24, 2.45) is 0 Å². The Balaban J connectivity index is 1.42. The van der Waals surface area contributed by atoms with Gasteiger partial charge in [0, 0.05) is 62.4 Å². The maximum atomic E-state index is 5.29. The van der Waals surface area contributed by atoms with E-state index in [4.69, 9.17) is 4.74 Å². The first kappa shape index (κ1) is 18.9. The lowest BCUT2D eigenvalue weighted by Crippen LogP contribution is -2.69. The fourth-order valence-corrected chi connectivity index (χ4v) is 5.31. The van der Waals surface area contributed by atoms with E-state index in [0.717, 1.165) is 51.6 Å². The summed E-state index contributed by atoms with van der Waals surface area (Å²) in [5.74, 6) is 0.925. The van der Waals surface area contributed by atoms with Gasteiger partial charge in [0.1, 0.15) is 10.8 Å². The van der Waals surface area contributed by atoms with Crippen molar-refractivity contribution in [2.75, 3.05) is 39.8 Å². The van der Waals surface area contributed by atoms with Crippen LogP contribution >= 0.6 is 11.3 Å². The normalized spacial score (nSPS) is 23.9. The maximum Gasteiger partial charge on any atom is 0.118 e. The van der Waals surface area contributed by atoms with E-state index in [0.29, 0.717) is 6.04 Å². The number of fused-ring (bicyclic) bond motifs is 1. The Kier molecular flexibility index (Phi) is 5.50. The van der Waals surface area contributed by atoms with Crippen LogP contribution in [0.2, 0.25) is 0 Å². The monoisotopic (exact) mass is 386 g/mol. The number of aromatic nitrogens is 1. The van der Waals surface area contributed by atoms with E-state index in [1.807, 2.05) is 6.20 Å². The number of hydrogen-bond acceptors (Lipinski definition) is 6. The molecule has 3 heterocycles. The molecule has 0 bridgehead atoms. The third-order valence-corrected chi connectivity index (χ3v) is 6.60. The zero-order valence-corrected chi connectivity index (χ0v) is 17.4. The minimum Gasteiger partial charge on any atom is -0.497 e. The molecule has 27 heavy (non-hydrogen) atoms. The Morgan fingerprint density at radius 3 is 2.59 bits per heavy atom. The van der Waals surface area contributed by atoms with Crippen molar-refractivity contribution in [1.29, 1.82) is 0 Å². The lowest BCUT2D eigenvalue weighted by Gasteiger charge is -2.55. The van der Waals surface area contributed by atoms with Crippen LogP contribution in [0.1, 0.15) is 24.4 Å². The van der Waals surface area contributed by atoms with Crippen LogP contribution in [0.15, 0.2) is 35.8 Å². The second-order valence-electron chi connectivity index (χ2n) is 8.34. The predicted octanol–water partition coefficient (Wildman–Crippen LogP) is 2.93. The van der Waals surface area contributed by atoms with Crippen LogP contribution in [0.3, 0.4) is 0 Å². The van der Waals surface area contributed by atoms with Crippen LogP contribution in [0, 0.1) is 0 Å². The summed E-state index contributed by atoms with van der Waals surface area (Å²) in [6, 6.07) is 9.09. The molecule has 2 aliphatic rings. The summed E-state index contributed by atoms with van der Waals surface area (Å²) in [4.78, 5) is 12.4. The van der Waals surface area contributed by atoms with Gasteiger partial charge in [-0.15, -0.1) is 11.3 Å². The van der Waals surface area contributed by atoms with Crippen molar-refractivity contribution in [3.8, 4) is 5.75 Å². The quantitative estimate of drug-likeness (QED) is 0.789. The average molecular weight is 387 g/mol. The number of rotatable bonds is 5. The molecule has 0 amide bonds. The first-order chi connectivity index (χ1) is 13.0. The van der Waals surface area contributed by atoms with Gasteiger partial charge in [0.15, 0.2) is 0 Å². The molecule has 1 aromatic heterocycles. The highest BCUT2D eigenvalue weighted by Gasteiger charge is 2.42. The molecular weight excluding hydrogens is 356 g/mol. The summed E-state index contributed by atoms with van der Waals surface area (Å²) < 4.78 is 5.29. The molecule has 2 fully saturated rings. The summed E-state index contributed by atoms with van der Waals surface area (Å²) in [5, 5.41) is 3.31. The lowest BCUT2D eigenvalue weighted by molar-refractivity contribution is -0.0684. The van der Waals surface area contributed by atoms with E-state index in [9.17, 15) is 0 Å². The van der Waals surface area contributed by atoms with E-state index in [1.165, 1.54) is 10.6 Å². The molecule has 0 saturated carbocycles. The van der Waals surface area contributed by atoms with E-state index < -0.39 is 0 Å². The summed E-state index contributed by atoms with van der Waals surface area (Å²) in [6.07, 6.45) is 1.91. The van der Waals surface area contributed by atoms with Gasteiger partial charge in [-0.3, -0.25) is 14.7 Å². The Bertz CT molecular complexity index is 731. The molecule has 6 heteroatoms. The fraction of sp³-hybridized carbons (Fsp3) is 0.571. The van der Waals surface area contributed by atoms with Gasteiger partial charge in [-0.2, -0.15) is 0 Å². The molecule has 5 nitrogen and oxygen atoms in total. The number of methoxy groups -OCH3 is 1. The molecule has 2 aliphatic heterocycles. The highest BCUT2D eigenvalue weighted by molar-refractivity contribution is 7.09. The highest BCUT2D eigenvalue weighted by Crippen LogP contribution is 2.29. The van der Waals surface area contributed by atoms with Crippen molar-refractivity contribution in [3.05, 3.63) is 46.4 Å². The van der Waals surface area contributed by atoms with Crippen molar-refractivity contribution in [3.63, 3.8) is 0 Å². The van der Waals surface area contributed by atoms with E-state index >= 15 is 0 Å². The van der Waals surface area contributed by atoms with Gasteiger partial charge in [-0.25, -0.2) is 4.98 Å². The Morgan fingerprint density at radius 1 is 1.11 bits per heavy atom. The number of hydrogen-bond donors (Lipinski definition) is 0. The zero-order chi connectivity index (χ0) is 18.9. The summed E-state index contributed by atoms with van der Waals surface area (Å²) in [6.45, 7) is 12.4. The fourth-order valence-electron chi connectivity index (χ4n) is 4.65. The van der Waals surface area contributed by atoms with Crippen LogP contribution in [0.4, 0.5) is 0 Å². The summed E-state index contributed by atoms with van der Waals surface area (Å²) in [7, 11) is 1.72. The van der Waals surface area contributed by atoms with Crippen LogP contribution < -0.4 is 4.74 Å². The smallest absolute Gasteiger partial charge is 0.118 e. The largest absolute Gasteiger partial charge is 0.497 e. The zero-order valence-electron chi connectivity index (χ0n) is 16.6. The molecule has 146 valence electrons. The predicted molar refractivity (Wildman–Crippen MR) is 110 cm³/mol. The van der Waals surface area contributed by atoms with Gasteiger partial charge in [0.25, 0.3) is 0 Å². The van der Waals surface area contributed by atoms with Gasteiger partial charge < -0.3 is 4.74 Å². The number of nitrogens with zero attached hydrogens (tertiary/aromatic N) is 4. The topological polar surface area (TPSA) is 31.8 Å². The molecule has 1 atom stereocenters. The van der Waals surface area contributed by atoms with Crippen LogP contribution in [-0.2, 0) is 13.1 Å². The summed E-state index contributed by atoms with van der Waals surface area (Å²) >= 11 is 1.76. The Morgan fingerprint density at radius 2 is 1.89 bits per heavy atom. The molecule has 0 radical (unpaired) electrons. The SMILES string of the molecule is COc1ccc(CN2CC3CN(Cc4nccs4)CCN3C(C)(C)C2)cc1. The highest BCUT2D eigenvalue weighted by atomic mass is 32.1. The minimum atomic E-state index is 0.211.